The number of benzene rings is 1. The van der Waals surface area contributed by atoms with Gasteiger partial charge in [0.05, 0.1) is 11.9 Å². The first-order chi connectivity index (χ1) is 11.2. The summed E-state index contributed by atoms with van der Waals surface area (Å²) in [6.45, 7) is 4.24. The Bertz CT molecular complexity index is 941. The van der Waals surface area contributed by atoms with Crippen LogP contribution in [-0.4, -0.2) is 19.6 Å². The molecule has 4 nitrogen and oxygen atoms in total. The van der Waals surface area contributed by atoms with Crippen molar-refractivity contribution < 1.29 is 0 Å². The Labute approximate surface area is 142 Å². The second-order valence-electron chi connectivity index (χ2n) is 5.33. The van der Waals surface area contributed by atoms with Crippen molar-refractivity contribution in [3.63, 3.8) is 0 Å². The molecule has 0 fully saturated rings. The zero-order chi connectivity index (χ0) is 15.8. The summed E-state index contributed by atoms with van der Waals surface area (Å²) in [5.74, 6) is 0. The molecule has 0 aliphatic heterocycles. The smallest absolute Gasteiger partial charge is 0.213 e. The van der Waals surface area contributed by atoms with Crippen molar-refractivity contribution in [3.8, 4) is 11.3 Å². The van der Waals surface area contributed by atoms with E-state index in [4.69, 9.17) is 0 Å². The fourth-order valence-electron chi connectivity index (χ4n) is 2.38. The lowest BCUT2D eigenvalue weighted by Gasteiger charge is -2.03. The van der Waals surface area contributed by atoms with Crippen molar-refractivity contribution in [2.45, 2.75) is 23.1 Å². The number of rotatable bonds is 3. The molecule has 0 unspecified atom stereocenters. The molecule has 0 saturated carbocycles. The van der Waals surface area contributed by atoms with Gasteiger partial charge in [-0.3, -0.25) is 4.98 Å². The van der Waals surface area contributed by atoms with Gasteiger partial charge in [0.1, 0.15) is 0 Å². The Morgan fingerprint density at radius 3 is 2.83 bits per heavy atom. The Balaban J connectivity index is 1.64. The van der Waals surface area contributed by atoms with Gasteiger partial charge < -0.3 is 0 Å². The fourth-order valence-corrected chi connectivity index (χ4v) is 4.33. The lowest BCUT2D eigenvalue weighted by atomic mass is 10.2. The molecular formula is C17H14N4S2. The molecule has 4 rings (SSSR count). The average Bonchev–Trinajstić information content (AvgIpc) is 3.09. The van der Waals surface area contributed by atoms with Crippen LogP contribution >= 0.6 is 23.1 Å². The quantitative estimate of drug-likeness (QED) is 0.547. The molecule has 1 aromatic carbocycles. The van der Waals surface area contributed by atoms with Gasteiger partial charge in [-0.25, -0.2) is 9.50 Å². The topological polar surface area (TPSA) is 43.1 Å². The molecule has 114 valence electrons. The lowest BCUT2D eigenvalue weighted by molar-refractivity contribution is 0.915. The zero-order valence-electron chi connectivity index (χ0n) is 12.7. The first kappa shape index (κ1) is 14.4. The summed E-state index contributed by atoms with van der Waals surface area (Å²) in [6, 6.07) is 10.4. The third-order valence-corrected chi connectivity index (χ3v) is 5.66. The highest BCUT2D eigenvalue weighted by atomic mass is 32.2. The van der Waals surface area contributed by atoms with E-state index in [9.17, 15) is 0 Å². The van der Waals surface area contributed by atoms with Gasteiger partial charge in [-0.1, -0.05) is 40.8 Å². The van der Waals surface area contributed by atoms with Gasteiger partial charge in [0.25, 0.3) is 0 Å². The van der Waals surface area contributed by atoms with Crippen LogP contribution in [0.15, 0.2) is 58.2 Å². The molecule has 0 N–H and O–H groups in total. The van der Waals surface area contributed by atoms with E-state index in [0.717, 1.165) is 20.6 Å². The van der Waals surface area contributed by atoms with Crippen molar-refractivity contribution in [2.75, 3.05) is 0 Å². The van der Waals surface area contributed by atoms with E-state index < -0.39 is 0 Å². The van der Waals surface area contributed by atoms with Crippen LogP contribution in [0.4, 0.5) is 0 Å². The van der Waals surface area contributed by atoms with Gasteiger partial charge in [-0.15, -0.1) is 5.10 Å². The largest absolute Gasteiger partial charge is 0.264 e. The second kappa shape index (κ2) is 5.79. The summed E-state index contributed by atoms with van der Waals surface area (Å²) < 4.78 is 2.84. The molecule has 4 aromatic rings. The molecule has 0 aliphatic carbocycles. The number of hydrogen-bond donors (Lipinski definition) is 0. The van der Waals surface area contributed by atoms with Crippen LogP contribution in [-0.2, 0) is 0 Å². The van der Waals surface area contributed by atoms with E-state index in [0.29, 0.717) is 0 Å². The van der Waals surface area contributed by atoms with Crippen molar-refractivity contribution in [3.05, 3.63) is 60.0 Å². The van der Waals surface area contributed by atoms with E-state index in [2.05, 4.69) is 47.1 Å². The average molecular weight is 338 g/mol. The first-order valence-corrected chi connectivity index (χ1v) is 8.84. The minimum Gasteiger partial charge on any atom is -0.264 e. The maximum Gasteiger partial charge on any atom is 0.213 e. The first-order valence-electron chi connectivity index (χ1n) is 7.21. The maximum atomic E-state index is 4.65. The van der Waals surface area contributed by atoms with Crippen LogP contribution in [0.1, 0.15) is 11.1 Å². The highest BCUT2D eigenvalue weighted by Crippen LogP contribution is 2.34. The molecule has 0 bridgehead atoms. The molecule has 0 spiro atoms. The standard InChI is InChI=1S/C17H14N4S2/c1-11-5-6-15(12(2)8-11)22-17-20-21-10-14(19-16(21)23-17)13-4-3-7-18-9-13/h3-10H,1-2H3. The molecule has 0 aliphatic rings. The number of aryl methyl sites for hydroxylation is 2. The van der Waals surface area contributed by atoms with Crippen LogP contribution in [0.5, 0.6) is 0 Å². The van der Waals surface area contributed by atoms with E-state index in [1.807, 2.05) is 29.0 Å². The van der Waals surface area contributed by atoms with E-state index in [-0.39, 0.29) is 0 Å². The number of pyridine rings is 1. The molecule has 0 saturated heterocycles. The van der Waals surface area contributed by atoms with Gasteiger partial charge in [0.2, 0.25) is 4.96 Å². The van der Waals surface area contributed by atoms with E-state index >= 15 is 0 Å². The molecule has 6 heteroatoms. The van der Waals surface area contributed by atoms with Crippen molar-refractivity contribution in [2.24, 2.45) is 0 Å². The highest BCUT2D eigenvalue weighted by molar-refractivity contribution is 8.01. The monoisotopic (exact) mass is 338 g/mol. The second-order valence-corrected chi connectivity index (χ2v) is 7.58. The Kier molecular flexibility index (Phi) is 3.63. The van der Waals surface area contributed by atoms with Gasteiger partial charge in [0.15, 0.2) is 4.34 Å². The van der Waals surface area contributed by atoms with Crippen molar-refractivity contribution >= 4 is 28.1 Å². The van der Waals surface area contributed by atoms with Gasteiger partial charge in [0, 0.05) is 22.9 Å². The van der Waals surface area contributed by atoms with Crippen molar-refractivity contribution in [1.82, 2.24) is 19.6 Å². The van der Waals surface area contributed by atoms with Crippen molar-refractivity contribution in [1.29, 1.82) is 0 Å². The fraction of sp³-hybridized carbons (Fsp3) is 0.118. The summed E-state index contributed by atoms with van der Waals surface area (Å²) in [6.07, 6.45) is 5.53. The third-order valence-electron chi connectivity index (χ3n) is 3.51. The van der Waals surface area contributed by atoms with E-state index in [1.54, 1.807) is 29.3 Å². The molecule has 0 radical (unpaired) electrons. The molecule has 23 heavy (non-hydrogen) atoms. The van der Waals surface area contributed by atoms with Gasteiger partial charge in [-0.2, -0.15) is 0 Å². The van der Waals surface area contributed by atoms with Crippen LogP contribution in [0.3, 0.4) is 0 Å². The highest BCUT2D eigenvalue weighted by Gasteiger charge is 2.11. The number of hydrogen-bond acceptors (Lipinski definition) is 5. The summed E-state index contributed by atoms with van der Waals surface area (Å²) in [7, 11) is 0. The van der Waals surface area contributed by atoms with Crippen LogP contribution in [0, 0.1) is 13.8 Å². The van der Waals surface area contributed by atoms with E-state index in [1.165, 1.54) is 16.0 Å². The van der Waals surface area contributed by atoms with Crippen LogP contribution in [0.25, 0.3) is 16.2 Å². The lowest BCUT2D eigenvalue weighted by Crippen LogP contribution is -1.84. The SMILES string of the molecule is Cc1ccc(Sc2nn3cc(-c4cccnc4)nc3s2)c(C)c1. The Morgan fingerprint density at radius 1 is 1.17 bits per heavy atom. The Morgan fingerprint density at radius 2 is 2.09 bits per heavy atom. The molecule has 3 aromatic heterocycles. The summed E-state index contributed by atoms with van der Waals surface area (Å²) in [4.78, 5) is 10.9. The maximum absolute atomic E-state index is 4.65. The minimum atomic E-state index is 0.899. The number of nitrogens with zero attached hydrogens (tertiary/aromatic N) is 4. The van der Waals surface area contributed by atoms with Crippen LogP contribution in [0.2, 0.25) is 0 Å². The number of aromatic nitrogens is 4. The van der Waals surface area contributed by atoms with Gasteiger partial charge >= 0.3 is 0 Å². The molecular weight excluding hydrogens is 324 g/mol. The Hall–Kier alpha value is -2.18. The normalized spacial score (nSPS) is 11.2. The predicted octanol–water partition coefficient (Wildman–Crippen LogP) is 4.62. The summed E-state index contributed by atoms with van der Waals surface area (Å²) >= 11 is 3.29. The van der Waals surface area contributed by atoms with Gasteiger partial charge in [-0.05, 0) is 37.6 Å². The summed E-state index contributed by atoms with van der Waals surface area (Å²) in [5.41, 5.74) is 4.47. The molecule has 3 heterocycles. The number of fused-ring (bicyclic) bond motifs is 1. The predicted molar refractivity (Wildman–Crippen MR) is 94.1 cm³/mol. The molecule has 0 atom stereocenters. The minimum absolute atomic E-state index is 0.899. The summed E-state index contributed by atoms with van der Waals surface area (Å²) in [5, 5.41) is 4.63. The third kappa shape index (κ3) is 2.87. The molecule has 0 amide bonds. The number of imidazole rings is 1. The van der Waals surface area contributed by atoms with Crippen LogP contribution < -0.4 is 0 Å². The zero-order valence-corrected chi connectivity index (χ0v) is 14.4.